The van der Waals surface area contributed by atoms with Crippen molar-refractivity contribution in [1.82, 2.24) is 9.79 Å². The van der Waals surface area contributed by atoms with Gasteiger partial charge in [0.25, 0.3) is 5.91 Å². The summed E-state index contributed by atoms with van der Waals surface area (Å²) in [5.41, 5.74) is 2.35. The van der Waals surface area contributed by atoms with E-state index in [2.05, 4.69) is 0 Å². The number of carbonyl (C=O) groups is 1. The summed E-state index contributed by atoms with van der Waals surface area (Å²) in [7, 11) is -2.38. The van der Waals surface area contributed by atoms with E-state index < -0.39 is 22.5 Å². The number of hydroxylamine groups is 1. The molecule has 8 heteroatoms. The normalized spacial score (nSPS) is 11.6. The lowest BCUT2D eigenvalue weighted by Gasteiger charge is -2.20. The van der Waals surface area contributed by atoms with E-state index >= 15 is 0 Å². The standard InChI is InChI=1S/C12H18N2O5S/c1-10-3-5-11(6-4-10)20(17,18)14(7-8-19-2)9-12(15)13-16/h3-6,16H,7-9H2,1-2H3,(H,13,15). The van der Waals surface area contributed by atoms with Crippen LogP contribution >= 0.6 is 0 Å². The predicted octanol–water partition coefficient (Wildman–Crippen LogP) is 0.138. The Hall–Kier alpha value is -1.48. The third-order valence-electron chi connectivity index (χ3n) is 2.65. The molecule has 1 amide bonds. The number of hydrogen-bond acceptors (Lipinski definition) is 5. The lowest BCUT2D eigenvalue weighted by molar-refractivity contribution is -0.129. The number of nitrogens with zero attached hydrogens (tertiary/aromatic N) is 1. The highest BCUT2D eigenvalue weighted by Crippen LogP contribution is 2.16. The number of carbonyl (C=O) groups excluding carboxylic acids is 1. The van der Waals surface area contributed by atoms with Crippen molar-refractivity contribution in [2.45, 2.75) is 11.8 Å². The van der Waals surface area contributed by atoms with Crippen LogP contribution in [0.3, 0.4) is 0 Å². The van der Waals surface area contributed by atoms with Crippen molar-refractivity contribution in [1.29, 1.82) is 0 Å². The Morgan fingerprint density at radius 1 is 1.35 bits per heavy atom. The summed E-state index contributed by atoms with van der Waals surface area (Å²) in [5, 5.41) is 8.53. The van der Waals surface area contributed by atoms with Crippen molar-refractivity contribution in [3.63, 3.8) is 0 Å². The van der Waals surface area contributed by atoms with E-state index in [1.807, 2.05) is 6.92 Å². The number of ether oxygens (including phenoxy) is 1. The largest absolute Gasteiger partial charge is 0.383 e. The summed E-state index contributed by atoms with van der Waals surface area (Å²) in [6.07, 6.45) is 0. The lowest BCUT2D eigenvalue weighted by Crippen LogP contribution is -2.41. The molecule has 0 spiro atoms. The van der Waals surface area contributed by atoms with E-state index in [-0.39, 0.29) is 18.0 Å². The number of sulfonamides is 1. The van der Waals surface area contributed by atoms with Gasteiger partial charge in [0.05, 0.1) is 18.0 Å². The van der Waals surface area contributed by atoms with Crippen molar-refractivity contribution in [2.24, 2.45) is 0 Å². The number of benzene rings is 1. The maximum absolute atomic E-state index is 12.4. The van der Waals surface area contributed by atoms with Crippen LogP contribution in [0.25, 0.3) is 0 Å². The number of methoxy groups -OCH3 is 1. The van der Waals surface area contributed by atoms with Gasteiger partial charge in [-0.3, -0.25) is 10.0 Å². The van der Waals surface area contributed by atoms with Crippen molar-refractivity contribution in [2.75, 3.05) is 26.8 Å². The fraction of sp³-hybridized carbons (Fsp3) is 0.417. The quantitative estimate of drug-likeness (QED) is 0.551. The van der Waals surface area contributed by atoms with E-state index in [0.29, 0.717) is 0 Å². The fourth-order valence-electron chi connectivity index (χ4n) is 1.53. The van der Waals surface area contributed by atoms with Crippen LogP contribution < -0.4 is 5.48 Å². The highest BCUT2D eigenvalue weighted by molar-refractivity contribution is 7.89. The number of hydrogen-bond donors (Lipinski definition) is 2. The van der Waals surface area contributed by atoms with Crippen molar-refractivity contribution >= 4 is 15.9 Å². The van der Waals surface area contributed by atoms with Gasteiger partial charge >= 0.3 is 0 Å². The summed E-state index contributed by atoms with van der Waals surface area (Å²) in [6, 6.07) is 6.30. The average molecular weight is 302 g/mol. The van der Waals surface area contributed by atoms with Gasteiger partial charge in [0.1, 0.15) is 0 Å². The van der Waals surface area contributed by atoms with E-state index in [9.17, 15) is 13.2 Å². The second-order valence-electron chi connectivity index (χ2n) is 4.18. The van der Waals surface area contributed by atoms with E-state index in [1.54, 1.807) is 12.1 Å². The Morgan fingerprint density at radius 2 is 1.95 bits per heavy atom. The second-order valence-corrected chi connectivity index (χ2v) is 6.12. The molecule has 2 N–H and O–H groups in total. The predicted molar refractivity (Wildman–Crippen MR) is 71.7 cm³/mol. The molecule has 20 heavy (non-hydrogen) atoms. The van der Waals surface area contributed by atoms with Gasteiger partial charge < -0.3 is 4.74 Å². The molecule has 0 saturated heterocycles. The topological polar surface area (TPSA) is 95.9 Å². The minimum Gasteiger partial charge on any atom is -0.383 e. The number of amides is 1. The Labute approximate surface area is 118 Å². The molecule has 1 aromatic carbocycles. The summed E-state index contributed by atoms with van der Waals surface area (Å²) in [6.45, 7) is 1.53. The first-order valence-corrected chi connectivity index (χ1v) is 7.34. The van der Waals surface area contributed by atoms with Crippen LogP contribution in [-0.2, 0) is 19.6 Å². The molecule has 0 bridgehead atoms. The molecule has 0 aromatic heterocycles. The van der Waals surface area contributed by atoms with E-state index in [1.165, 1.54) is 24.7 Å². The molecule has 7 nitrogen and oxygen atoms in total. The van der Waals surface area contributed by atoms with Crippen molar-refractivity contribution in [3.05, 3.63) is 29.8 Å². The molecule has 0 atom stereocenters. The van der Waals surface area contributed by atoms with Gasteiger partial charge in [-0.15, -0.1) is 0 Å². The van der Waals surface area contributed by atoms with Gasteiger partial charge in [0.2, 0.25) is 10.0 Å². The molecule has 0 unspecified atom stereocenters. The Morgan fingerprint density at radius 3 is 2.45 bits per heavy atom. The summed E-state index contributed by atoms with van der Waals surface area (Å²) in [5.74, 6) is -0.809. The highest BCUT2D eigenvalue weighted by Gasteiger charge is 2.26. The van der Waals surface area contributed by atoms with Gasteiger partial charge in [-0.25, -0.2) is 13.9 Å². The van der Waals surface area contributed by atoms with Gasteiger partial charge in [-0.1, -0.05) is 17.7 Å². The fourth-order valence-corrected chi connectivity index (χ4v) is 2.91. The first kappa shape index (κ1) is 16.6. The lowest BCUT2D eigenvalue weighted by atomic mass is 10.2. The molecule has 1 rings (SSSR count). The molecular formula is C12H18N2O5S. The minimum atomic E-state index is -3.81. The third kappa shape index (κ3) is 4.27. The Balaban J connectivity index is 3.03. The summed E-state index contributed by atoms with van der Waals surface area (Å²) < 4.78 is 30.6. The Bertz CT molecular complexity index is 541. The third-order valence-corrected chi connectivity index (χ3v) is 4.51. The first-order chi connectivity index (χ1) is 9.41. The molecule has 0 aliphatic rings. The molecule has 0 heterocycles. The zero-order chi connectivity index (χ0) is 15.2. The van der Waals surface area contributed by atoms with E-state index in [0.717, 1.165) is 9.87 Å². The molecule has 112 valence electrons. The maximum atomic E-state index is 12.4. The maximum Gasteiger partial charge on any atom is 0.258 e. The molecule has 0 aliphatic heterocycles. The van der Waals surface area contributed by atoms with Crippen LogP contribution in [0.2, 0.25) is 0 Å². The van der Waals surface area contributed by atoms with E-state index in [4.69, 9.17) is 9.94 Å². The molecule has 0 fully saturated rings. The van der Waals surface area contributed by atoms with Crippen molar-refractivity contribution in [3.8, 4) is 0 Å². The first-order valence-electron chi connectivity index (χ1n) is 5.90. The number of nitrogens with one attached hydrogen (secondary N) is 1. The zero-order valence-electron chi connectivity index (χ0n) is 11.4. The van der Waals surface area contributed by atoms with Crippen LogP contribution in [0, 0.1) is 6.92 Å². The smallest absolute Gasteiger partial charge is 0.258 e. The molecule has 1 aromatic rings. The molecule has 0 radical (unpaired) electrons. The summed E-state index contributed by atoms with van der Waals surface area (Å²) in [4.78, 5) is 11.3. The van der Waals surface area contributed by atoms with Gasteiger partial charge in [0, 0.05) is 13.7 Å². The molecular weight excluding hydrogens is 284 g/mol. The van der Waals surface area contributed by atoms with Crippen LogP contribution in [0.15, 0.2) is 29.2 Å². The van der Waals surface area contributed by atoms with Crippen LogP contribution in [0.4, 0.5) is 0 Å². The van der Waals surface area contributed by atoms with Gasteiger partial charge in [-0.2, -0.15) is 4.31 Å². The molecule has 0 saturated carbocycles. The number of aryl methyl sites for hydroxylation is 1. The van der Waals surface area contributed by atoms with Crippen LogP contribution in [-0.4, -0.2) is 50.6 Å². The van der Waals surface area contributed by atoms with Gasteiger partial charge in [0.15, 0.2) is 0 Å². The van der Waals surface area contributed by atoms with Crippen molar-refractivity contribution < 1.29 is 23.2 Å². The average Bonchev–Trinajstić information content (AvgIpc) is 2.43. The Kier molecular flexibility index (Phi) is 6.08. The van der Waals surface area contributed by atoms with Crippen LogP contribution in [0.5, 0.6) is 0 Å². The molecule has 0 aliphatic carbocycles. The zero-order valence-corrected chi connectivity index (χ0v) is 12.2. The SMILES string of the molecule is COCCN(CC(=O)NO)S(=O)(=O)c1ccc(C)cc1. The minimum absolute atomic E-state index is 0.0140. The number of rotatable bonds is 7. The summed E-state index contributed by atoms with van der Waals surface area (Å²) >= 11 is 0. The van der Waals surface area contributed by atoms with Crippen LogP contribution in [0.1, 0.15) is 5.56 Å². The second kappa shape index (κ2) is 7.34. The monoisotopic (exact) mass is 302 g/mol. The highest BCUT2D eigenvalue weighted by atomic mass is 32.2. The van der Waals surface area contributed by atoms with Gasteiger partial charge in [-0.05, 0) is 19.1 Å².